The first-order valence-electron chi connectivity index (χ1n) is 37.9. The van der Waals surface area contributed by atoms with Gasteiger partial charge in [0.25, 0.3) is 0 Å². The summed E-state index contributed by atoms with van der Waals surface area (Å²) in [5.41, 5.74) is 5.40. The number of esters is 2. The Balaban J connectivity index is 4.00. The van der Waals surface area contributed by atoms with Crippen LogP contribution in [0.25, 0.3) is 0 Å². The van der Waals surface area contributed by atoms with E-state index in [1.807, 2.05) is 0 Å². The van der Waals surface area contributed by atoms with E-state index in [1.165, 1.54) is 64.2 Å². The number of unbranched alkanes of at least 4 members (excludes halogenated alkanes) is 17. The van der Waals surface area contributed by atoms with Gasteiger partial charge in [-0.2, -0.15) is 0 Å². The van der Waals surface area contributed by atoms with Gasteiger partial charge in [-0.15, -0.1) is 0 Å². The monoisotopic (exact) mass is 1350 g/mol. The highest BCUT2D eigenvalue weighted by atomic mass is 31.2. The van der Waals surface area contributed by atoms with Crippen LogP contribution < -0.4 is 5.73 Å². The maximum Gasteiger partial charge on any atom is 0.472 e. The van der Waals surface area contributed by atoms with Crippen molar-refractivity contribution in [2.45, 2.75) is 277 Å². The predicted molar refractivity (Wildman–Crippen MR) is 421 cm³/mol. The molecule has 0 aliphatic carbocycles. The molecule has 0 aliphatic heterocycles. The van der Waals surface area contributed by atoms with Crippen molar-refractivity contribution in [2.75, 3.05) is 26.4 Å². The highest BCUT2D eigenvalue weighted by molar-refractivity contribution is 7.47. The maximum atomic E-state index is 12.8. The molecule has 542 valence electrons. The number of nitrogens with two attached hydrogens (primary N) is 1. The molecule has 0 aromatic rings. The van der Waals surface area contributed by atoms with Crippen LogP contribution in [0, 0.1) is 0 Å². The summed E-state index contributed by atoms with van der Waals surface area (Å²) in [7, 11) is -4.42. The molecule has 0 aromatic heterocycles. The van der Waals surface area contributed by atoms with Gasteiger partial charge in [-0.3, -0.25) is 18.6 Å². The second-order valence-electron chi connectivity index (χ2n) is 24.0. The number of phosphoric acid groups is 1. The lowest BCUT2D eigenvalue weighted by molar-refractivity contribution is -0.161. The summed E-state index contributed by atoms with van der Waals surface area (Å²) >= 11 is 0. The SMILES string of the molecule is CC/C=C\C/C=C\C/C=C\C/C=C\C/C=C\C/C=C\C/C=C\C/C=C\C/C=C\C/C=C\CCCCCCC(=O)OC(COC(=O)CCCCCCCCCCCCCCC/C=C\C/C=C\C/C=C\C/C=C\C/C=C\C/C=C\C/C=C\C/C=C\C/C=C\CC)COP(=O)(O)OCCN. The summed E-state index contributed by atoms with van der Waals surface area (Å²) in [5.74, 6) is -0.872. The normalized spacial score (nSPS) is 14.2. The van der Waals surface area contributed by atoms with Gasteiger partial charge < -0.3 is 20.1 Å². The molecule has 0 saturated carbocycles. The molecule has 0 aliphatic rings. The Morgan fingerprint density at radius 3 is 0.794 bits per heavy atom. The van der Waals surface area contributed by atoms with E-state index in [0.29, 0.717) is 12.8 Å². The van der Waals surface area contributed by atoms with Gasteiger partial charge in [0.2, 0.25) is 0 Å². The van der Waals surface area contributed by atoms with Crippen molar-refractivity contribution in [3.63, 3.8) is 0 Å². The summed E-state index contributed by atoms with van der Waals surface area (Å²) in [5, 5.41) is 0. The molecule has 10 heteroatoms. The van der Waals surface area contributed by atoms with E-state index in [1.54, 1.807) is 0 Å². The van der Waals surface area contributed by atoms with Gasteiger partial charge in [0.05, 0.1) is 13.2 Å². The van der Waals surface area contributed by atoms with E-state index in [0.717, 1.165) is 167 Å². The third-order valence-corrected chi connectivity index (χ3v) is 16.0. The van der Waals surface area contributed by atoms with Crippen molar-refractivity contribution in [2.24, 2.45) is 5.73 Å². The van der Waals surface area contributed by atoms with Gasteiger partial charge in [-0.05, 0) is 161 Å². The van der Waals surface area contributed by atoms with Gasteiger partial charge in [-0.25, -0.2) is 4.57 Å². The Bertz CT molecular complexity index is 2450. The van der Waals surface area contributed by atoms with Crippen LogP contribution in [0.1, 0.15) is 271 Å². The zero-order chi connectivity index (χ0) is 70.0. The second kappa shape index (κ2) is 79.1. The highest BCUT2D eigenvalue weighted by Gasteiger charge is 2.26. The molecule has 3 N–H and O–H groups in total. The Morgan fingerprint density at radius 1 is 0.309 bits per heavy atom. The highest BCUT2D eigenvalue weighted by Crippen LogP contribution is 2.43. The lowest BCUT2D eigenvalue weighted by atomic mass is 10.0. The largest absolute Gasteiger partial charge is 0.472 e. The van der Waals surface area contributed by atoms with Crippen LogP contribution in [0.2, 0.25) is 0 Å². The molecule has 0 fully saturated rings. The van der Waals surface area contributed by atoms with E-state index < -0.39 is 32.5 Å². The van der Waals surface area contributed by atoms with Gasteiger partial charge in [0.15, 0.2) is 6.10 Å². The summed E-state index contributed by atoms with van der Waals surface area (Å²) < 4.78 is 33.2. The first-order valence-corrected chi connectivity index (χ1v) is 39.4. The number of hydrogen-bond acceptors (Lipinski definition) is 8. The van der Waals surface area contributed by atoms with Gasteiger partial charge in [-0.1, -0.05) is 328 Å². The average molecular weight is 1360 g/mol. The van der Waals surface area contributed by atoms with Crippen LogP contribution in [0.4, 0.5) is 0 Å². The van der Waals surface area contributed by atoms with Crippen molar-refractivity contribution >= 4 is 19.8 Å². The quantitative estimate of drug-likeness (QED) is 0.0264. The minimum Gasteiger partial charge on any atom is -0.462 e. The maximum absolute atomic E-state index is 12.8. The van der Waals surface area contributed by atoms with E-state index >= 15 is 0 Å². The molecule has 0 heterocycles. The third kappa shape index (κ3) is 78.9. The number of ether oxygens (including phenoxy) is 2. The first kappa shape index (κ1) is 91.1. The molecular formula is C87H136NO8P. The number of hydrogen-bond donors (Lipinski definition) is 2. The topological polar surface area (TPSA) is 134 Å². The smallest absolute Gasteiger partial charge is 0.462 e. The molecule has 2 atom stereocenters. The Kier molecular flexibility index (Phi) is 74.2. The number of allylic oxidation sites excluding steroid dienone is 38. The lowest BCUT2D eigenvalue weighted by Gasteiger charge is -2.19. The number of carbonyl (C=O) groups is 2. The molecule has 0 rings (SSSR count). The minimum atomic E-state index is -4.42. The first-order chi connectivity index (χ1) is 47.8. The Morgan fingerprint density at radius 2 is 0.536 bits per heavy atom. The average Bonchev–Trinajstić information content (AvgIpc) is 2.69. The Hall–Kier alpha value is -5.93. The second-order valence-corrected chi connectivity index (χ2v) is 25.5. The van der Waals surface area contributed by atoms with Crippen molar-refractivity contribution in [1.29, 1.82) is 0 Å². The Labute approximate surface area is 593 Å². The fraction of sp³-hybridized carbons (Fsp3) is 0.540. The summed E-state index contributed by atoms with van der Waals surface area (Å²) in [6, 6.07) is 0. The molecule has 0 radical (unpaired) electrons. The summed E-state index contributed by atoms with van der Waals surface area (Å²) in [6.45, 7) is 3.46. The lowest BCUT2D eigenvalue weighted by Crippen LogP contribution is -2.29. The van der Waals surface area contributed by atoms with Crippen LogP contribution in [-0.4, -0.2) is 49.3 Å². The van der Waals surface area contributed by atoms with E-state index in [2.05, 4.69) is 245 Å². The molecule has 0 spiro atoms. The van der Waals surface area contributed by atoms with Crippen molar-refractivity contribution in [3.8, 4) is 0 Å². The van der Waals surface area contributed by atoms with Crippen LogP contribution in [0.15, 0.2) is 231 Å². The molecule has 97 heavy (non-hydrogen) atoms. The third-order valence-electron chi connectivity index (χ3n) is 15.0. The number of rotatable bonds is 68. The molecule has 0 amide bonds. The van der Waals surface area contributed by atoms with E-state index in [4.69, 9.17) is 24.3 Å². The van der Waals surface area contributed by atoms with Crippen molar-refractivity contribution < 1.29 is 37.6 Å². The number of phosphoric ester groups is 1. The van der Waals surface area contributed by atoms with Crippen molar-refractivity contribution in [1.82, 2.24) is 0 Å². The fourth-order valence-corrected chi connectivity index (χ4v) is 10.3. The predicted octanol–water partition coefficient (Wildman–Crippen LogP) is 25.7. The van der Waals surface area contributed by atoms with Crippen molar-refractivity contribution in [3.05, 3.63) is 231 Å². The van der Waals surface area contributed by atoms with Crippen LogP contribution >= 0.6 is 7.82 Å². The zero-order valence-electron chi connectivity index (χ0n) is 61.0. The van der Waals surface area contributed by atoms with Crippen LogP contribution in [0.3, 0.4) is 0 Å². The van der Waals surface area contributed by atoms with Gasteiger partial charge in [0, 0.05) is 19.4 Å². The molecule has 0 bridgehead atoms. The molecule has 2 unspecified atom stereocenters. The summed E-state index contributed by atoms with van der Waals surface area (Å²) in [4.78, 5) is 35.4. The zero-order valence-corrected chi connectivity index (χ0v) is 61.9. The molecule has 0 saturated heterocycles. The van der Waals surface area contributed by atoms with Crippen LogP contribution in [-0.2, 0) is 32.7 Å². The van der Waals surface area contributed by atoms with Gasteiger partial charge in [0.1, 0.15) is 6.61 Å². The van der Waals surface area contributed by atoms with E-state index in [-0.39, 0.29) is 32.6 Å². The molecule has 0 aromatic carbocycles. The number of carbonyl (C=O) groups excluding carboxylic acids is 2. The standard InChI is InChI=1S/C87H136NO8P/c1-3-5-7-9-11-13-15-17-19-21-23-25-27-29-31-33-35-37-39-40-41-42-43-44-46-47-49-51-53-55-57-59-61-63-65-67-69-71-73-75-77-79-86(89)93-83-85(84-95-97(91,92)94-82-81-88)96-87(90)80-78-76-74-72-70-68-66-64-62-60-58-56-54-52-50-48-45-38-36-34-32-30-28-26-24-22-20-18-16-14-12-10-8-6-4-2/h5-8,11-14,17-20,23-26,29-32,35-38,40-41,43-44,47-50,54,56,60,62,66,68,85H,3-4,9-10,15-16,21-22,27-28,33-34,39,42,45-46,51-53,55,57-59,61,63-65,67,69-84,88H2,1-2H3,(H,91,92)/b7-5-,8-6-,13-11-,14-12-,19-17-,20-18-,25-23-,26-24-,31-29-,32-30-,37-35-,38-36-,41-40-,44-43-,49-47-,50-48-,56-54-,62-60-,68-66-. The molecule has 9 nitrogen and oxygen atoms in total. The minimum absolute atomic E-state index is 0.0374. The summed E-state index contributed by atoms with van der Waals surface area (Å²) in [6.07, 6.45) is 124. The molecular weight excluding hydrogens is 1220 g/mol. The van der Waals surface area contributed by atoms with E-state index in [9.17, 15) is 19.0 Å². The van der Waals surface area contributed by atoms with Crippen LogP contribution in [0.5, 0.6) is 0 Å². The fourth-order valence-electron chi connectivity index (χ4n) is 9.54. The van der Waals surface area contributed by atoms with Gasteiger partial charge >= 0.3 is 19.8 Å².